The van der Waals surface area contributed by atoms with Gasteiger partial charge in [0.15, 0.2) is 0 Å². The highest BCUT2D eigenvalue weighted by Crippen LogP contribution is 2.37. The minimum atomic E-state index is 0.00593. The van der Waals surface area contributed by atoms with Crippen molar-refractivity contribution in [1.29, 1.82) is 0 Å². The van der Waals surface area contributed by atoms with Crippen molar-refractivity contribution in [1.82, 2.24) is 9.97 Å². The van der Waals surface area contributed by atoms with E-state index in [1.807, 2.05) is 6.07 Å². The predicted octanol–water partition coefficient (Wildman–Crippen LogP) is 2.55. The largest absolute Gasteiger partial charge is 0.321 e. The van der Waals surface area contributed by atoms with Crippen LogP contribution in [0.4, 0.5) is 0 Å². The van der Waals surface area contributed by atoms with Crippen LogP contribution in [0.1, 0.15) is 45.0 Å². The van der Waals surface area contributed by atoms with E-state index in [4.69, 9.17) is 5.73 Å². The molecule has 0 aliphatic heterocycles. The molecular weight excluding hydrogens is 198 g/mol. The van der Waals surface area contributed by atoms with Gasteiger partial charge in [0, 0.05) is 12.4 Å². The Labute approximate surface area is 97.5 Å². The monoisotopic (exact) mass is 219 g/mol. The third-order valence-electron chi connectivity index (χ3n) is 3.61. The molecule has 3 nitrogen and oxygen atoms in total. The Bertz CT molecular complexity index is 315. The zero-order valence-electron chi connectivity index (χ0n) is 10.1. The van der Waals surface area contributed by atoms with E-state index >= 15 is 0 Å². The van der Waals surface area contributed by atoms with E-state index in [0.29, 0.717) is 5.92 Å². The van der Waals surface area contributed by atoms with Crippen LogP contribution in [0.5, 0.6) is 0 Å². The lowest BCUT2D eigenvalue weighted by Gasteiger charge is -2.34. The van der Waals surface area contributed by atoms with Gasteiger partial charge in [-0.1, -0.05) is 13.8 Å². The van der Waals surface area contributed by atoms with E-state index in [1.165, 1.54) is 19.3 Å². The smallest absolute Gasteiger partial charge is 0.145 e. The van der Waals surface area contributed by atoms with Gasteiger partial charge in [0.25, 0.3) is 0 Å². The molecule has 0 saturated heterocycles. The highest BCUT2D eigenvalue weighted by Gasteiger charge is 2.29. The van der Waals surface area contributed by atoms with Crippen LogP contribution in [0, 0.1) is 17.8 Å². The molecule has 0 radical (unpaired) electrons. The Kier molecular flexibility index (Phi) is 3.54. The molecule has 0 spiro atoms. The first-order valence-corrected chi connectivity index (χ1v) is 6.19. The second-order valence-corrected chi connectivity index (χ2v) is 5.31. The third kappa shape index (κ3) is 2.59. The van der Waals surface area contributed by atoms with Crippen LogP contribution in [0.3, 0.4) is 0 Å². The van der Waals surface area contributed by atoms with Gasteiger partial charge in [-0.15, -0.1) is 0 Å². The van der Waals surface area contributed by atoms with Gasteiger partial charge < -0.3 is 5.73 Å². The lowest BCUT2D eigenvalue weighted by molar-refractivity contribution is 0.190. The van der Waals surface area contributed by atoms with E-state index < -0.39 is 0 Å². The fraction of sp³-hybridized carbons (Fsp3) is 0.692. The van der Waals surface area contributed by atoms with Gasteiger partial charge in [-0.3, -0.25) is 0 Å². The summed E-state index contributed by atoms with van der Waals surface area (Å²) in [5, 5.41) is 0. The number of hydrogen-bond acceptors (Lipinski definition) is 3. The van der Waals surface area contributed by atoms with E-state index in [0.717, 1.165) is 17.7 Å². The summed E-state index contributed by atoms with van der Waals surface area (Å²) in [6.07, 6.45) is 7.31. The van der Waals surface area contributed by atoms with Crippen molar-refractivity contribution in [2.45, 2.75) is 39.2 Å². The van der Waals surface area contributed by atoms with Crippen molar-refractivity contribution < 1.29 is 0 Å². The first kappa shape index (κ1) is 11.5. The molecule has 0 aromatic carbocycles. The molecule has 1 saturated carbocycles. The summed E-state index contributed by atoms with van der Waals surface area (Å²) in [4.78, 5) is 8.54. The lowest BCUT2D eigenvalue weighted by atomic mass is 9.74. The minimum Gasteiger partial charge on any atom is -0.321 e. The SMILES string of the molecule is CC1CC(C)CC(C(N)c2ncccn2)C1. The quantitative estimate of drug-likeness (QED) is 0.831. The molecule has 2 rings (SSSR count). The molecule has 0 bridgehead atoms. The normalized spacial score (nSPS) is 32.3. The maximum atomic E-state index is 6.27. The van der Waals surface area contributed by atoms with Gasteiger partial charge in [-0.2, -0.15) is 0 Å². The molecule has 1 aromatic heterocycles. The standard InChI is InChI=1S/C13H21N3/c1-9-6-10(2)8-11(7-9)12(14)13-15-4-3-5-16-13/h3-5,9-12H,6-8,14H2,1-2H3. The molecule has 0 amide bonds. The number of nitrogens with two attached hydrogens (primary N) is 1. The van der Waals surface area contributed by atoms with E-state index in [1.54, 1.807) is 12.4 Å². The zero-order chi connectivity index (χ0) is 11.5. The summed E-state index contributed by atoms with van der Waals surface area (Å²) in [6, 6.07) is 1.84. The topological polar surface area (TPSA) is 51.8 Å². The molecule has 3 atom stereocenters. The molecule has 1 heterocycles. The summed E-state index contributed by atoms with van der Waals surface area (Å²) >= 11 is 0. The van der Waals surface area contributed by atoms with Gasteiger partial charge >= 0.3 is 0 Å². The second kappa shape index (κ2) is 4.91. The average molecular weight is 219 g/mol. The molecule has 16 heavy (non-hydrogen) atoms. The van der Waals surface area contributed by atoms with Crippen LogP contribution in [0.15, 0.2) is 18.5 Å². The van der Waals surface area contributed by atoms with Crippen molar-refractivity contribution >= 4 is 0 Å². The molecule has 88 valence electrons. The van der Waals surface area contributed by atoms with Crippen LogP contribution >= 0.6 is 0 Å². The van der Waals surface area contributed by atoms with E-state index in [2.05, 4.69) is 23.8 Å². The molecule has 3 unspecified atom stereocenters. The number of aromatic nitrogens is 2. The average Bonchev–Trinajstić information content (AvgIpc) is 2.28. The van der Waals surface area contributed by atoms with Gasteiger partial charge in [0.1, 0.15) is 5.82 Å². The number of rotatable bonds is 2. The maximum Gasteiger partial charge on any atom is 0.145 e. The zero-order valence-corrected chi connectivity index (χ0v) is 10.1. The Hall–Kier alpha value is -0.960. The maximum absolute atomic E-state index is 6.27. The fourth-order valence-corrected chi connectivity index (χ4v) is 3.00. The van der Waals surface area contributed by atoms with Gasteiger partial charge in [0.05, 0.1) is 6.04 Å². The Morgan fingerprint density at radius 1 is 1.12 bits per heavy atom. The highest BCUT2D eigenvalue weighted by atomic mass is 14.9. The Morgan fingerprint density at radius 2 is 1.69 bits per heavy atom. The van der Waals surface area contributed by atoms with Crippen LogP contribution < -0.4 is 5.73 Å². The van der Waals surface area contributed by atoms with Crippen LogP contribution in [0.2, 0.25) is 0 Å². The van der Waals surface area contributed by atoms with Crippen molar-refractivity contribution in [3.8, 4) is 0 Å². The summed E-state index contributed by atoms with van der Waals surface area (Å²) in [6.45, 7) is 4.64. The summed E-state index contributed by atoms with van der Waals surface area (Å²) in [5.74, 6) is 2.90. The Morgan fingerprint density at radius 3 is 2.25 bits per heavy atom. The number of hydrogen-bond donors (Lipinski definition) is 1. The fourth-order valence-electron chi connectivity index (χ4n) is 3.00. The summed E-state index contributed by atoms with van der Waals surface area (Å²) in [5.41, 5.74) is 6.27. The van der Waals surface area contributed by atoms with Crippen molar-refractivity contribution in [2.24, 2.45) is 23.5 Å². The van der Waals surface area contributed by atoms with E-state index in [-0.39, 0.29) is 6.04 Å². The second-order valence-electron chi connectivity index (χ2n) is 5.31. The predicted molar refractivity (Wildman–Crippen MR) is 64.6 cm³/mol. The summed E-state index contributed by atoms with van der Waals surface area (Å²) in [7, 11) is 0. The van der Waals surface area contributed by atoms with E-state index in [9.17, 15) is 0 Å². The molecular formula is C13H21N3. The van der Waals surface area contributed by atoms with Gasteiger partial charge in [0.2, 0.25) is 0 Å². The van der Waals surface area contributed by atoms with Crippen molar-refractivity contribution in [2.75, 3.05) is 0 Å². The van der Waals surface area contributed by atoms with Crippen molar-refractivity contribution in [3.63, 3.8) is 0 Å². The Balaban J connectivity index is 2.07. The first-order chi connectivity index (χ1) is 7.66. The minimum absolute atomic E-state index is 0.00593. The summed E-state index contributed by atoms with van der Waals surface area (Å²) < 4.78 is 0. The van der Waals surface area contributed by atoms with Gasteiger partial charge in [-0.05, 0) is 43.1 Å². The lowest BCUT2D eigenvalue weighted by Crippen LogP contribution is -2.30. The molecule has 1 aliphatic rings. The molecule has 1 fully saturated rings. The highest BCUT2D eigenvalue weighted by molar-refractivity contribution is 4.98. The van der Waals surface area contributed by atoms with Crippen LogP contribution in [0.25, 0.3) is 0 Å². The molecule has 2 N–H and O–H groups in total. The number of nitrogens with zero attached hydrogens (tertiary/aromatic N) is 2. The molecule has 3 heteroatoms. The first-order valence-electron chi connectivity index (χ1n) is 6.19. The third-order valence-corrected chi connectivity index (χ3v) is 3.61. The molecule has 1 aliphatic carbocycles. The van der Waals surface area contributed by atoms with Gasteiger partial charge in [-0.25, -0.2) is 9.97 Å². The van der Waals surface area contributed by atoms with Crippen LogP contribution in [-0.2, 0) is 0 Å². The van der Waals surface area contributed by atoms with Crippen LogP contribution in [-0.4, -0.2) is 9.97 Å². The van der Waals surface area contributed by atoms with Crippen molar-refractivity contribution in [3.05, 3.63) is 24.3 Å². The molecule has 1 aromatic rings.